The summed E-state index contributed by atoms with van der Waals surface area (Å²) in [7, 11) is 0. The second kappa shape index (κ2) is 4.51. The van der Waals surface area contributed by atoms with Gasteiger partial charge >= 0.3 is 5.97 Å². The highest BCUT2D eigenvalue weighted by atomic mass is 16.4. The van der Waals surface area contributed by atoms with Crippen molar-refractivity contribution in [2.75, 3.05) is 6.54 Å². The molecule has 0 radical (unpaired) electrons. The molecule has 0 saturated carbocycles. The van der Waals surface area contributed by atoms with Gasteiger partial charge in [0.15, 0.2) is 0 Å². The molecule has 1 atom stereocenters. The molecule has 1 heterocycles. The Kier molecular flexibility index (Phi) is 3.08. The summed E-state index contributed by atoms with van der Waals surface area (Å²) in [6.07, 6.45) is 9.04. The Bertz CT molecular complexity index is 370. The number of rotatable bonds is 2. The predicted octanol–water partition coefficient (Wildman–Crippen LogP) is 1.54. The molecule has 2 aliphatic rings. The van der Waals surface area contributed by atoms with Crippen molar-refractivity contribution in [1.29, 1.82) is 0 Å². The molecule has 0 aromatic rings. The van der Waals surface area contributed by atoms with Gasteiger partial charge in [-0.1, -0.05) is 12.2 Å². The number of allylic oxidation sites excluding steroid dienone is 4. The van der Waals surface area contributed by atoms with Crippen molar-refractivity contribution in [3.8, 4) is 0 Å². The largest absolute Gasteiger partial charge is 0.480 e. The highest BCUT2D eigenvalue weighted by Gasteiger charge is 2.29. The smallest absolute Gasteiger partial charge is 0.323 e. The number of carbonyl (C=O) groups is 2. The minimum absolute atomic E-state index is 0.0635. The van der Waals surface area contributed by atoms with Crippen LogP contribution in [-0.2, 0) is 9.59 Å². The normalized spacial score (nSPS) is 24.8. The van der Waals surface area contributed by atoms with E-state index in [9.17, 15) is 9.59 Å². The van der Waals surface area contributed by atoms with E-state index in [1.165, 1.54) is 4.90 Å². The Morgan fingerprint density at radius 1 is 1.56 bits per heavy atom. The second-order valence-corrected chi connectivity index (χ2v) is 4.22. The van der Waals surface area contributed by atoms with Crippen LogP contribution in [0.3, 0.4) is 0 Å². The van der Waals surface area contributed by atoms with Crippen molar-refractivity contribution in [3.63, 3.8) is 0 Å². The number of hydrogen-bond donors (Lipinski definition) is 1. The number of hydrogen-bond acceptors (Lipinski definition) is 2. The van der Waals surface area contributed by atoms with Gasteiger partial charge in [0.1, 0.15) is 6.54 Å². The Morgan fingerprint density at radius 2 is 2.38 bits per heavy atom. The van der Waals surface area contributed by atoms with Crippen molar-refractivity contribution >= 4 is 11.9 Å². The monoisotopic (exact) mass is 221 g/mol. The van der Waals surface area contributed by atoms with Gasteiger partial charge in [-0.15, -0.1) is 0 Å². The van der Waals surface area contributed by atoms with Crippen LogP contribution in [0.25, 0.3) is 0 Å². The van der Waals surface area contributed by atoms with Gasteiger partial charge in [0, 0.05) is 18.0 Å². The molecule has 4 nitrogen and oxygen atoms in total. The van der Waals surface area contributed by atoms with Crippen LogP contribution in [-0.4, -0.2) is 28.4 Å². The van der Waals surface area contributed by atoms with E-state index in [2.05, 4.69) is 6.08 Å². The first-order valence-electron chi connectivity index (χ1n) is 5.57. The van der Waals surface area contributed by atoms with Crippen LogP contribution < -0.4 is 0 Å². The fraction of sp³-hybridized carbons (Fsp3) is 0.500. The summed E-state index contributed by atoms with van der Waals surface area (Å²) < 4.78 is 0. The van der Waals surface area contributed by atoms with Gasteiger partial charge in [0.05, 0.1) is 0 Å². The van der Waals surface area contributed by atoms with Crippen molar-refractivity contribution in [3.05, 3.63) is 23.9 Å². The molecule has 86 valence electrons. The second-order valence-electron chi connectivity index (χ2n) is 4.22. The topological polar surface area (TPSA) is 57.6 Å². The lowest BCUT2D eigenvalue weighted by Crippen LogP contribution is -2.36. The van der Waals surface area contributed by atoms with Crippen LogP contribution in [0.2, 0.25) is 0 Å². The Morgan fingerprint density at radius 3 is 3.12 bits per heavy atom. The van der Waals surface area contributed by atoms with Crippen LogP contribution in [0.1, 0.15) is 25.7 Å². The third-order valence-electron chi connectivity index (χ3n) is 3.09. The number of aliphatic carboxylic acids is 1. The molecule has 0 bridgehead atoms. The maximum atomic E-state index is 11.8. The van der Waals surface area contributed by atoms with Crippen LogP contribution in [0.15, 0.2) is 23.9 Å². The number of fused-ring (bicyclic) bond motifs is 1. The molecule has 1 N–H and O–H groups in total. The SMILES string of the molecule is O=C(O)CN1C(=O)CCCC2CC=CC=C21. The van der Waals surface area contributed by atoms with Crippen LogP contribution >= 0.6 is 0 Å². The van der Waals surface area contributed by atoms with Crippen molar-refractivity contribution < 1.29 is 14.7 Å². The summed E-state index contributed by atoms with van der Waals surface area (Å²) in [6.45, 7) is -0.213. The maximum Gasteiger partial charge on any atom is 0.323 e. The third kappa shape index (κ3) is 2.15. The zero-order chi connectivity index (χ0) is 11.5. The quantitative estimate of drug-likeness (QED) is 0.769. The number of nitrogens with zero attached hydrogens (tertiary/aromatic N) is 1. The van der Waals surface area contributed by atoms with Crippen molar-refractivity contribution in [1.82, 2.24) is 4.90 Å². The third-order valence-corrected chi connectivity index (χ3v) is 3.09. The molecular weight excluding hydrogens is 206 g/mol. The summed E-state index contributed by atoms with van der Waals surface area (Å²) in [5.41, 5.74) is 0.882. The average molecular weight is 221 g/mol. The maximum absolute atomic E-state index is 11.8. The Hall–Kier alpha value is -1.58. The molecule has 0 aromatic heterocycles. The molecule has 16 heavy (non-hydrogen) atoms. The highest BCUT2D eigenvalue weighted by molar-refractivity contribution is 5.83. The van der Waals surface area contributed by atoms with E-state index in [4.69, 9.17) is 5.11 Å². The van der Waals surface area contributed by atoms with Gasteiger partial charge in [0.2, 0.25) is 5.91 Å². The average Bonchev–Trinajstić information content (AvgIpc) is 2.40. The molecule has 1 fully saturated rings. The summed E-state index contributed by atoms with van der Waals surface area (Å²) in [6, 6.07) is 0. The molecule has 1 aliphatic carbocycles. The molecular formula is C12H15NO3. The molecule has 1 amide bonds. The minimum Gasteiger partial charge on any atom is -0.480 e. The number of amides is 1. The van der Waals surface area contributed by atoms with Gasteiger partial charge in [-0.3, -0.25) is 9.59 Å². The van der Waals surface area contributed by atoms with Crippen LogP contribution in [0, 0.1) is 5.92 Å². The van der Waals surface area contributed by atoms with E-state index in [0.29, 0.717) is 12.3 Å². The molecule has 1 aliphatic heterocycles. The zero-order valence-electron chi connectivity index (χ0n) is 9.06. The molecule has 1 saturated heterocycles. The number of carboxylic acid groups (broad SMARTS) is 1. The van der Waals surface area contributed by atoms with Crippen molar-refractivity contribution in [2.45, 2.75) is 25.7 Å². The number of carboxylic acids is 1. The minimum atomic E-state index is -0.954. The summed E-state index contributed by atoms with van der Waals surface area (Å²) >= 11 is 0. The highest BCUT2D eigenvalue weighted by Crippen LogP contribution is 2.31. The first kappa shape index (κ1) is 10.9. The summed E-state index contributed by atoms with van der Waals surface area (Å²) in [5, 5.41) is 8.83. The van der Waals surface area contributed by atoms with Gasteiger partial charge in [0.25, 0.3) is 0 Å². The molecule has 2 rings (SSSR count). The standard InChI is InChI=1S/C12H15NO3/c14-11-7-3-5-9-4-1-2-6-10(9)13(11)8-12(15)16/h1-2,6,9H,3-5,7-8H2,(H,15,16). The number of carbonyl (C=O) groups excluding carboxylic acids is 1. The first-order chi connectivity index (χ1) is 7.68. The van der Waals surface area contributed by atoms with Crippen molar-refractivity contribution in [2.24, 2.45) is 5.92 Å². The van der Waals surface area contributed by atoms with E-state index < -0.39 is 5.97 Å². The zero-order valence-corrected chi connectivity index (χ0v) is 9.06. The summed E-state index contributed by atoms with van der Waals surface area (Å²) in [4.78, 5) is 24.0. The van der Waals surface area contributed by atoms with Crippen LogP contribution in [0.4, 0.5) is 0 Å². The Labute approximate surface area is 94.2 Å². The van der Waals surface area contributed by atoms with E-state index in [1.807, 2.05) is 12.2 Å². The first-order valence-corrected chi connectivity index (χ1v) is 5.57. The molecule has 0 spiro atoms. The van der Waals surface area contributed by atoms with Crippen LogP contribution in [0.5, 0.6) is 0 Å². The van der Waals surface area contributed by atoms with Gasteiger partial charge in [-0.2, -0.15) is 0 Å². The molecule has 0 aromatic carbocycles. The Balaban J connectivity index is 2.27. The van der Waals surface area contributed by atoms with E-state index in [-0.39, 0.29) is 12.5 Å². The lowest BCUT2D eigenvalue weighted by atomic mass is 9.92. The van der Waals surface area contributed by atoms with Gasteiger partial charge < -0.3 is 10.0 Å². The summed E-state index contributed by atoms with van der Waals surface area (Å²) in [5.74, 6) is -0.702. The van der Waals surface area contributed by atoms with Gasteiger partial charge in [-0.25, -0.2) is 0 Å². The fourth-order valence-electron chi connectivity index (χ4n) is 2.34. The fourth-order valence-corrected chi connectivity index (χ4v) is 2.34. The number of likely N-dealkylation sites (tertiary alicyclic amines) is 1. The van der Waals surface area contributed by atoms with E-state index >= 15 is 0 Å². The lowest BCUT2D eigenvalue weighted by molar-refractivity contribution is -0.143. The van der Waals surface area contributed by atoms with Gasteiger partial charge in [-0.05, 0) is 25.3 Å². The molecule has 1 unspecified atom stereocenters. The van der Waals surface area contributed by atoms with E-state index in [1.54, 1.807) is 0 Å². The van der Waals surface area contributed by atoms with E-state index in [0.717, 1.165) is 25.0 Å². The lowest BCUT2D eigenvalue weighted by Gasteiger charge is -2.27. The predicted molar refractivity (Wildman–Crippen MR) is 58.5 cm³/mol. The molecule has 4 heteroatoms.